The highest BCUT2D eigenvalue weighted by Gasteiger charge is 2.02. The summed E-state index contributed by atoms with van der Waals surface area (Å²) in [5.41, 5.74) is 2.18. The summed E-state index contributed by atoms with van der Waals surface area (Å²) in [6, 6.07) is 2.15. The minimum absolute atomic E-state index is 0.474. The fraction of sp³-hybridized carbons (Fsp3) is 0.571. The van der Waals surface area contributed by atoms with Gasteiger partial charge >= 0.3 is 0 Å². The molecule has 0 amide bonds. The van der Waals surface area contributed by atoms with Crippen LogP contribution in [0.1, 0.15) is 61.7 Å². The highest BCUT2D eigenvalue weighted by Crippen LogP contribution is 2.19. The first-order valence-electron chi connectivity index (χ1n) is 6.25. The molecule has 2 aromatic rings. The van der Waals surface area contributed by atoms with Gasteiger partial charge in [0, 0.05) is 11.8 Å². The maximum absolute atomic E-state index is 5.01. The van der Waals surface area contributed by atoms with E-state index in [2.05, 4.69) is 43.1 Å². The maximum atomic E-state index is 5.01. The minimum Gasteiger partial charge on any atom is -0.449 e. The molecule has 0 unspecified atom stereocenters. The normalized spacial score (nSPS) is 10.7. The molecule has 3 nitrogen and oxygen atoms in total. The molecule has 0 aliphatic carbocycles. The van der Waals surface area contributed by atoms with Gasteiger partial charge in [-0.3, -0.25) is 0 Å². The standard InChI is InChI=1S/C7H11NO.C7H11NS/c1-5(2)7-4-9-6(3)8-7;1-5(2)7-4-6(3)8-9-7/h2*4-5H,1-3H3. The number of aryl methyl sites for hydroxylation is 2. The van der Waals surface area contributed by atoms with Crippen molar-refractivity contribution in [1.82, 2.24) is 9.36 Å². The Hall–Kier alpha value is -1.16. The molecule has 0 spiro atoms. The molecule has 4 heteroatoms. The molecule has 0 N–H and O–H groups in total. The molecular weight excluding hydrogens is 244 g/mol. The molecule has 0 saturated carbocycles. The fourth-order valence-electron chi connectivity index (χ4n) is 1.30. The quantitative estimate of drug-likeness (QED) is 0.792. The third-order valence-corrected chi connectivity index (χ3v) is 3.62. The predicted octanol–water partition coefficient (Wildman–Crippen LogP) is 4.68. The molecule has 2 rings (SSSR count). The van der Waals surface area contributed by atoms with Crippen LogP contribution >= 0.6 is 11.5 Å². The molecule has 0 radical (unpaired) electrons. The van der Waals surface area contributed by atoms with Crippen molar-refractivity contribution in [3.8, 4) is 0 Å². The molecule has 0 atom stereocenters. The Labute approximate surface area is 113 Å². The Bertz CT molecular complexity index is 427. The van der Waals surface area contributed by atoms with Crippen molar-refractivity contribution in [2.75, 3.05) is 0 Å². The summed E-state index contributed by atoms with van der Waals surface area (Å²) in [7, 11) is 0. The number of aromatic nitrogens is 2. The van der Waals surface area contributed by atoms with Gasteiger partial charge in [0.25, 0.3) is 0 Å². The van der Waals surface area contributed by atoms with E-state index in [4.69, 9.17) is 4.42 Å². The molecule has 100 valence electrons. The number of hydrogen-bond acceptors (Lipinski definition) is 4. The lowest BCUT2D eigenvalue weighted by molar-refractivity contribution is 0.520. The third kappa shape index (κ3) is 4.61. The van der Waals surface area contributed by atoms with Crippen molar-refractivity contribution in [2.24, 2.45) is 0 Å². The summed E-state index contributed by atoms with van der Waals surface area (Å²) in [6.45, 7) is 12.4. The van der Waals surface area contributed by atoms with Gasteiger partial charge in [0.1, 0.15) is 6.26 Å². The van der Waals surface area contributed by atoms with Crippen LogP contribution in [0.15, 0.2) is 16.7 Å². The van der Waals surface area contributed by atoms with Gasteiger partial charge in [-0.15, -0.1) is 0 Å². The second kappa shape index (κ2) is 6.69. The van der Waals surface area contributed by atoms with Gasteiger partial charge in [0.2, 0.25) is 0 Å². The second-order valence-corrected chi connectivity index (χ2v) is 5.81. The first kappa shape index (κ1) is 14.9. The first-order valence-corrected chi connectivity index (χ1v) is 7.02. The molecule has 0 bridgehead atoms. The molecule has 0 saturated heterocycles. The molecule has 0 aliphatic rings. The largest absolute Gasteiger partial charge is 0.449 e. The van der Waals surface area contributed by atoms with Crippen LogP contribution < -0.4 is 0 Å². The molecule has 18 heavy (non-hydrogen) atoms. The van der Waals surface area contributed by atoms with Crippen LogP contribution in [0.4, 0.5) is 0 Å². The van der Waals surface area contributed by atoms with E-state index in [0.29, 0.717) is 11.8 Å². The lowest BCUT2D eigenvalue weighted by Gasteiger charge is -1.94. The van der Waals surface area contributed by atoms with E-state index in [1.54, 1.807) is 17.8 Å². The van der Waals surface area contributed by atoms with E-state index in [-0.39, 0.29) is 0 Å². The van der Waals surface area contributed by atoms with Crippen LogP contribution in [0, 0.1) is 13.8 Å². The Balaban J connectivity index is 0.000000180. The summed E-state index contributed by atoms with van der Waals surface area (Å²) in [5, 5.41) is 0. The number of hydrogen-bond donors (Lipinski definition) is 0. The zero-order chi connectivity index (χ0) is 13.7. The lowest BCUT2D eigenvalue weighted by atomic mass is 10.2. The van der Waals surface area contributed by atoms with Gasteiger partial charge in [-0.25, -0.2) is 4.98 Å². The Morgan fingerprint density at radius 3 is 2.00 bits per heavy atom. The van der Waals surface area contributed by atoms with Crippen LogP contribution in [0.5, 0.6) is 0 Å². The Morgan fingerprint density at radius 2 is 1.78 bits per heavy atom. The molecular formula is C14H22N2OS. The minimum atomic E-state index is 0.474. The van der Waals surface area contributed by atoms with Crippen molar-refractivity contribution in [1.29, 1.82) is 0 Å². The van der Waals surface area contributed by atoms with E-state index in [1.165, 1.54) is 4.88 Å². The van der Waals surface area contributed by atoms with Crippen LogP contribution in [0.2, 0.25) is 0 Å². The van der Waals surface area contributed by atoms with E-state index in [9.17, 15) is 0 Å². The van der Waals surface area contributed by atoms with E-state index < -0.39 is 0 Å². The maximum Gasteiger partial charge on any atom is 0.191 e. The summed E-state index contributed by atoms with van der Waals surface area (Å²) in [5.74, 6) is 1.86. The number of nitrogens with zero attached hydrogens (tertiary/aromatic N) is 2. The molecule has 0 fully saturated rings. The third-order valence-electron chi connectivity index (χ3n) is 2.44. The zero-order valence-corrected chi connectivity index (χ0v) is 12.8. The first-order chi connectivity index (χ1) is 8.40. The van der Waals surface area contributed by atoms with Crippen molar-refractivity contribution in [2.45, 2.75) is 53.4 Å². The van der Waals surface area contributed by atoms with Gasteiger partial charge < -0.3 is 4.42 Å². The average molecular weight is 266 g/mol. The van der Waals surface area contributed by atoms with Gasteiger partial charge in [-0.05, 0) is 36.4 Å². The van der Waals surface area contributed by atoms with Gasteiger partial charge in [0.05, 0.1) is 11.4 Å². The van der Waals surface area contributed by atoms with Gasteiger partial charge in [-0.1, -0.05) is 27.7 Å². The summed E-state index contributed by atoms with van der Waals surface area (Å²) >= 11 is 1.61. The van der Waals surface area contributed by atoms with Crippen LogP contribution in [-0.4, -0.2) is 9.36 Å². The summed E-state index contributed by atoms with van der Waals surface area (Å²) < 4.78 is 9.19. The lowest BCUT2D eigenvalue weighted by Crippen LogP contribution is -1.85. The van der Waals surface area contributed by atoms with Gasteiger partial charge in [0.15, 0.2) is 5.89 Å². The summed E-state index contributed by atoms with van der Waals surface area (Å²) in [4.78, 5) is 5.53. The Kier molecular flexibility index (Phi) is 5.54. The second-order valence-electron chi connectivity index (χ2n) is 4.97. The molecule has 2 aromatic heterocycles. The SMILES string of the molecule is Cc1cc(C(C)C)sn1.Cc1nc(C(C)C)co1. The zero-order valence-electron chi connectivity index (χ0n) is 12.0. The topological polar surface area (TPSA) is 38.9 Å². The van der Waals surface area contributed by atoms with E-state index in [0.717, 1.165) is 17.3 Å². The highest BCUT2D eigenvalue weighted by atomic mass is 32.1. The monoisotopic (exact) mass is 266 g/mol. The Morgan fingerprint density at radius 1 is 1.11 bits per heavy atom. The summed E-state index contributed by atoms with van der Waals surface area (Å²) in [6.07, 6.45) is 1.71. The molecule has 2 heterocycles. The molecule has 0 aliphatic heterocycles. The van der Waals surface area contributed by atoms with Crippen LogP contribution in [0.3, 0.4) is 0 Å². The highest BCUT2D eigenvalue weighted by molar-refractivity contribution is 7.05. The van der Waals surface area contributed by atoms with Crippen molar-refractivity contribution in [3.63, 3.8) is 0 Å². The van der Waals surface area contributed by atoms with Crippen molar-refractivity contribution >= 4 is 11.5 Å². The molecule has 0 aromatic carbocycles. The predicted molar refractivity (Wildman–Crippen MR) is 76.3 cm³/mol. The van der Waals surface area contributed by atoms with E-state index in [1.807, 2.05) is 13.8 Å². The van der Waals surface area contributed by atoms with Crippen molar-refractivity contribution < 1.29 is 4.42 Å². The number of oxazole rings is 1. The van der Waals surface area contributed by atoms with Crippen LogP contribution in [0.25, 0.3) is 0 Å². The van der Waals surface area contributed by atoms with Crippen LogP contribution in [-0.2, 0) is 0 Å². The number of rotatable bonds is 2. The smallest absolute Gasteiger partial charge is 0.191 e. The van der Waals surface area contributed by atoms with Gasteiger partial charge in [-0.2, -0.15) is 4.37 Å². The fourth-order valence-corrected chi connectivity index (χ4v) is 2.04. The van der Waals surface area contributed by atoms with Crippen molar-refractivity contribution in [3.05, 3.63) is 34.5 Å². The average Bonchev–Trinajstić information content (AvgIpc) is 2.88. The van der Waals surface area contributed by atoms with E-state index >= 15 is 0 Å².